The highest BCUT2D eigenvalue weighted by Crippen LogP contribution is 2.28. The van der Waals surface area contributed by atoms with Crippen molar-refractivity contribution in [1.82, 2.24) is 5.32 Å². The summed E-state index contributed by atoms with van der Waals surface area (Å²) in [5.41, 5.74) is 4.04. The number of rotatable bonds is 4. The first-order valence-corrected chi connectivity index (χ1v) is 8.88. The Balaban J connectivity index is 1.55. The predicted octanol–water partition coefficient (Wildman–Crippen LogP) is 3.67. The first kappa shape index (κ1) is 15.4. The Morgan fingerprint density at radius 3 is 2.82 bits per heavy atom. The van der Waals surface area contributed by atoms with E-state index in [-0.39, 0.29) is 5.91 Å². The molecule has 0 radical (unpaired) electrons. The van der Waals surface area contributed by atoms with Gasteiger partial charge in [-0.3, -0.25) is 4.79 Å². The topological polar surface area (TPSA) is 41.1 Å². The molecule has 120 valence electrons. The van der Waals surface area contributed by atoms with Crippen LogP contribution in [0.15, 0.2) is 18.2 Å². The molecular formula is C19H28N2O. The van der Waals surface area contributed by atoms with E-state index in [9.17, 15) is 4.79 Å². The van der Waals surface area contributed by atoms with Crippen LogP contribution in [-0.2, 0) is 17.6 Å². The molecule has 1 saturated carbocycles. The third-order valence-electron chi connectivity index (χ3n) is 5.29. The molecule has 22 heavy (non-hydrogen) atoms. The van der Waals surface area contributed by atoms with Gasteiger partial charge >= 0.3 is 0 Å². The SMILES string of the molecule is CC1CCCCC1NC(=O)CNc1cccc2c1CCCC2. The predicted molar refractivity (Wildman–Crippen MR) is 91.1 cm³/mol. The van der Waals surface area contributed by atoms with Crippen LogP contribution >= 0.6 is 0 Å². The lowest BCUT2D eigenvalue weighted by atomic mass is 9.86. The highest BCUT2D eigenvalue weighted by atomic mass is 16.2. The summed E-state index contributed by atoms with van der Waals surface area (Å²) >= 11 is 0. The van der Waals surface area contributed by atoms with E-state index < -0.39 is 0 Å². The Labute approximate surface area is 133 Å². The van der Waals surface area contributed by atoms with Crippen LogP contribution in [0.2, 0.25) is 0 Å². The maximum absolute atomic E-state index is 12.2. The molecule has 0 saturated heterocycles. The molecule has 0 aromatic heterocycles. The highest BCUT2D eigenvalue weighted by molar-refractivity contribution is 5.81. The Hall–Kier alpha value is -1.51. The van der Waals surface area contributed by atoms with Crippen LogP contribution in [0.1, 0.15) is 56.6 Å². The standard InChI is InChI=1S/C19H28N2O/c1-14-7-2-5-11-17(14)21-19(22)13-20-18-12-6-9-15-8-3-4-10-16(15)18/h6,9,12,14,17,20H,2-5,7-8,10-11,13H2,1H3,(H,21,22). The van der Waals surface area contributed by atoms with Gasteiger partial charge in [0.2, 0.25) is 5.91 Å². The number of fused-ring (bicyclic) bond motifs is 1. The summed E-state index contributed by atoms with van der Waals surface area (Å²) in [6.45, 7) is 2.64. The molecule has 1 amide bonds. The second-order valence-electron chi connectivity index (χ2n) is 6.94. The number of benzene rings is 1. The van der Waals surface area contributed by atoms with E-state index in [0.717, 1.165) is 18.5 Å². The fourth-order valence-electron chi connectivity index (χ4n) is 3.91. The van der Waals surface area contributed by atoms with Gasteiger partial charge in [-0.25, -0.2) is 0 Å². The van der Waals surface area contributed by atoms with Crippen LogP contribution in [0.3, 0.4) is 0 Å². The van der Waals surface area contributed by atoms with Crippen molar-refractivity contribution in [2.75, 3.05) is 11.9 Å². The quantitative estimate of drug-likeness (QED) is 0.890. The minimum Gasteiger partial charge on any atom is -0.376 e. The Bertz CT molecular complexity index is 526. The van der Waals surface area contributed by atoms with E-state index in [2.05, 4.69) is 35.8 Å². The van der Waals surface area contributed by atoms with Gasteiger partial charge in [0.15, 0.2) is 0 Å². The van der Waals surface area contributed by atoms with E-state index in [1.165, 1.54) is 49.7 Å². The van der Waals surface area contributed by atoms with Gasteiger partial charge in [0.1, 0.15) is 0 Å². The summed E-state index contributed by atoms with van der Waals surface area (Å²) in [7, 11) is 0. The summed E-state index contributed by atoms with van der Waals surface area (Å²) in [4.78, 5) is 12.2. The first-order valence-electron chi connectivity index (χ1n) is 8.88. The molecule has 0 aliphatic heterocycles. The zero-order valence-electron chi connectivity index (χ0n) is 13.7. The second kappa shape index (κ2) is 7.17. The van der Waals surface area contributed by atoms with Gasteiger partial charge in [0.25, 0.3) is 0 Å². The van der Waals surface area contributed by atoms with E-state index in [1.54, 1.807) is 0 Å². The van der Waals surface area contributed by atoms with Crippen molar-refractivity contribution in [3.05, 3.63) is 29.3 Å². The van der Waals surface area contributed by atoms with Gasteiger partial charge in [0.05, 0.1) is 6.54 Å². The van der Waals surface area contributed by atoms with Crippen LogP contribution in [0.25, 0.3) is 0 Å². The zero-order valence-corrected chi connectivity index (χ0v) is 13.7. The summed E-state index contributed by atoms with van der Waals surface area (Å²) in [6, 6.07) is 6.81. The van der Waals surface area contributed by atoms with E-state index >= 15 is 0 Å². The molecule has 1 aromatic rings. The minimum absolute atomic E-state index is 0.132. The maximum atomic E-state index is 12.2. The van der Waals surface area contributed by atoms with Crippen LogP contribution < -0.4 is 10.6 Å². The summed E-state index contributed by atoms with van der Waals surface area (Å²) < 4.78 is 0. The summed E-state index contributed by atoms with van der Waals surface area (Å²) in [5, 5.41) is 6.58. The van der Waals surface area contributed by atoms with Gasteiger partial charge in [0, 0.05) is 11.7 Å². The number of hydrogen-bond donors (Lipinski definition) is 2. The molecule has 3 heteroatoms. The Morgan fingerprint density at radius 2 is 1.95 bits per heavy atom. The van der Waals surface area contributed by atoms with Gasteiger partial charge in [-0.15, -0.1) is 0 Å². The molecule has 2 aliphatic carbocycles. The Morgan fingerprint density at radius 1 is 1.14 bits per heavy atom. The minimum atomic E-state index is 0.132. The number of amides is 1. The van der Waals surface area contributed by atoms with Crippen molar-refractivity contribution in [3.63, 3.8) is 0 Å². The monoisotopic (exact) mass is 300 g/mol. The molecule has 2 aliphatic rings. The molecule has 1 fully saturated rings. The molecule has 0 bridgehead atoms. The number of carbonyl (C=O) groups excluding carboxylic acids is 1. The number of anilines is 1. The number of carbonyl (C=O) groups is 1. The molecule has 3 rings (SSSR count). The molecule has 2 atom stereocenters. The van der Waals surface area contributed by atoms with Gasteiger partial charge in [-0.05, 0) is 61.6 Å². The largest absolute Gasteiger partial charge is 0.376 e. The third-order valence-corrected chi connectivity index (χ3v) is 5.29. The lowest BCUT2D eigenvalue weighted by molar-refractivity contribution is -0.120. The van der Waals surface area contributed by atoms with Gasteiger partial charge < -0.3 is 10.6 Å². The van der Waals surface area contributed by atoms with Crippen molar-refractivity contribution in [3.8, 4) is 0 Å². The summed E-state index contributed by atoms with van der Waals surface area (Å²) in [5.74, 6) is 0.745. The molecule has 2 unspecified atom stereocenters. The van der Waals surface area contributed by atoms with E-state index in [1.807, 2.05) is 0 Å². The molecule has 0 spiro atoms. The zero-order chi connectivity index (χ0) is 15.4. The lowest BCUT2D eigenvalue weighted by Gasteiger charge is -2.29. The average Bonchev–Trinajstić information content (AvgIpc) is 2.55. The van der Waals surface area contributed by atoms with Crippen LogP contribution in [0.4, 0.5) is 5.69 Å². The Kier molecular flexibility index (Phi) is 5.01. The van der Waals surface area contributed by atoms with Gasteiger partial charge in [-0.2, -0.15) is 0 Å². The third kappa shape index (κ3) is 3.63. The second-order valence-corrected chi connectivity index (χ2v) is 6.94. The first-order chi connectivity index (χ1) is 10.7. The highest BCUT2D eigenvalue weighted by Gasteiger charge is 2.22. The average molecular weight is 300 g/mol. The molecule has 3 nitrogen and oxygen atoms in total. The van der Waals surface area contributed by atoms with Gasteiger partial charge in [-0.1, -0.05) is 31.9 Å². The van der Waals surface area contributed by atoms with Crippen LogP contribution in [-0.4, -0.2) is 18.5 Å². The number of nitrogens with one attached hydrogen (secondary N) is 2. The molecule has 1 aromatic carbocycles. The normalized spacial score (nSPS) is 24.4. The lowest BCUT2D eigenvalue weighted by Crippen LogP contribution is -2.43. The fraction of sp³-hybridized carbons (Fsp3) is 0.632. The molecular weight excluding hydrogens is 272 g/mol. The van der Waals surface area contributed by atoms with Crippen molar-refractivity contribution in [2.45, 2.75) is 64.3 Å². The number of hydrogen-bond acceptors (Lipinski definition) is 2. The van der Waals surface area contributed by atoms with Crippen molar-refractivity contribution >= 4 is 11.6 Å². The van der Waals surface area contributed by atoms with Crippen molar-refractivity contribution in [2.24, 2.45) is 5.92 Å². The van der Waals surface area contributed by atoms with Crippen molar-refractivity contribution < 1.29 is 4.79 Å². The van der Waals surface area contributed by atoms with Crippen molar-refractivity contribution in [1.29, 1.82) is 0 Å². The number of aryl methyl sites for hydroxylation is 1. The maximum Gasteiger partial charge on any atom is 0.239 e. The molecule has 2 N–H and O–H groups in total. The smallest absolute Gasteiger partial charge is 0.239 e. The molecule has 0 heterocycles. The van der Waals surface area contributed by atoms with E-state index in [0.29, 0.717) is 18.5 Å². The van der Waals surface area contributed by atoms with E-state index in [4.69, 9.17) is 0 Å². The van der Waals surface area contributed by atoms with Crippen LogP contribution in [0.5, 0.6) is 0 Å². The van der Waals surface area contributed by atoms with Crippen LogP contribution in [0, 0.1) is 5.92 Å². The summed E-state index contributed by atoms with van der Waals surface area (Å²) in [6.07, 6.45) is 9.79. The fourth-order valence-corrected chi connectivity index (χ4v) is 3.91.